The second kappa shape index (κ2) is 12.0. The van der Waals surface area contributed by atoms with Crippen molar-refractivity contribution in [3.63, 3.8) is 0 Å². The highest BCUT2D eigenvalue weighted by molar-refractivity contribution is 5.95. The molecule has 0 radical (unpaired) electrons. The van der Waals surface area contributed by atoms with E-state index in [-0.39, 0.29) is 17.4 Å². The molecule has 2 aromatic heterocycles. The number of carboxylic acids is 1. The fraction of sp³-hybridized carbons (Fsp3) is 0.355. The number of hydrogen-bond acceptors (Lipinski definition) is 8. The normalized spacial score (nSPS) is 15.3. The number of alkyl carbamates (subject to hydrolysis) is 1. The van der Waals surface area contributed by atoms with Crippen LogP contribution in [0.5, 0.6) is 17.2 Å². The topological polar surface area (TPSA) is 128 Å². The molecule has 1 atom stereocenters. The number of methoxy groups -OCH3 is 1. The van der Waals surface area contributed by atoms with E-state index in [1.807, 2.05) is 49.7 Å². The number of carbonyl (C=O) groups excluding carboxylic acids is 1. The fourth-order valence-electron chi connectivity index (χ4n) is 4.98. The molecule has 1 fully saturated rings. The number of benzene rings is 2. The Morgan fingerprint density at radius 1 is 1.07 bits per heavy atom. The standard InChI is InChI=1S/C31H35N5O6/c1-31(2,3)42-30(39)33-21-8-7-17-35(19-21)28-26-25(41-24-10-6-5-9-23(24)29(37)38)15-16-32-27(26)36(34-28)18-20-11-13-22(40-4)14-12-20/h5-6,9-16,21H,7-8,17-19H2,1-4H3,(H,33,39)(H,37,38)/t21-/m1/s1. The number of ether oxygens (including phenoxy) is 3. The van der Waals surface area contributed by atoms with Crippen molar-refractivity contribution in [2.75, 3.05) is 25.1 Å². The third-order valence-corrected chi connectivity index (χ3v) is 6.85. The van der Waals surface area contributed by atoms with Crippen molar-refractivity contribution in [1.29, 1.82) is 0 Å². The zero-order valence-corrected chi connectivity index (χ0v) is 24.2. The summed E-state index contributed by atoms with van der Waals surface area (Å²) >= 11 is 0. The van der Waals surface area contributed by atoms with Crippen LogP contribution in [-0.4, -0.2) is 63.8 Å². The molecule has 0 unspecified atom stereocenters. The Labute approximate surface area is 244 Å². The van der Waals surface area contributed by atoms with Gasteiger partial charge in [0, 0.05) is 31.4 Å². The summed E-state index contributed by atoms with van der Waals surface area (Å²) in [6, 6.07) is 15.8. The van der Waals surface area contributed by atoms with E-state index in [0.29, 0.717) is 42.2 Å². The van der Waals surface area contributed by atoms with Crippen LogP contribution in [0.4, 0.5) is 10.6 Å². The van der Waals surface area contributed by atoms with Crippen molar-refractivity contribution in [3.8, 4) is 17.2 Å². The summed E-state index contributed by atoms with van der Waals surface area (Å²) in [5.74, 6) is 0.970. The number of aromatic carboxylic acids is 1. The summed E-state index contributed by atoms with van der Waals surface area (Å²) in [4.78, 5) is 31.2. The number of aromatic nitrogens is 3. The highest BCUT2D eigenvalue weighted by Gasteiger charge is 2.29. The monoisotopic (exact) mass is 573 g/mol. The summed E-state index contributed by atoms with van der Waals surface area (Å²) in [7, 11) is 1.62. The quantitative estimate of drug-likeness (QED) is 0.282. The predicted octanol–water partition coefficient (Wildman–Crippen LogP) is 5.47. The van der Waals surface area contributed by atoms with Crippen LogP contribution in [0.25, 0.3) is 11.0 Å². The molecule has 1 aliphatic heterocycles. The minimum absolute atomic E-state index is 0.0502. The van der Waals surface area contributed by atoms with Gasteiger partial charge in [-0.05, 0) is 63.4 Å². The van der Waals surface area contributed by atoms with Gasteiger partial charge in [-0.25, -0.2) is 19.3 Å². The van der Waals surface area contributed by atoms with E-state index < -0.39 is 17.7 Å². The molecule has 0 saturated carbocycles. The van der Waals surface area contributed by atoms with Gasteiger partial charge in [-0.3, -0.25) is 0 Å². The number of para-hydroxylation sites is 1. The Bertz CT molecular complexity index is 1580. The molecular formula is C31H35N5O6. The SMILES string of the molecule is COc1ccc(Cn2nc(N3CCC[C@@H](NC(=O)OC(C)(C)C)C3)c3c(Oc4ccccc4C(=O)O)ccnc32)cc1. The Morgan fingerprint density at radius 3 is 2.55 bits per heavy atom. The number of anilines is 1. The lowest BCUT2D eigenvalue weighted by molar-refractivity contribution is 0.0499. The van der Waals surface area contributed by atoms with Gasteiger partial charge in [0.05, 0.1) is 13.7 Å². The van der Waals surface area contributed by atoms with E-state index >= 15 is 0 Å². The van der Waals surface area contributed by atoms with Crippen LogP contribution in [0.1, 0.15) is 49.5 Å². The van der Waals surface area contributed by atoms with E-state index in [9.17, 15) is 14.7 Å². The molecule has 5 rings (SSSR count). The van der Waals surface area contributed by atoms with Gasteiger partial charge in [0.25, 0.3) is 0 Å². The second-order valence-electron chi connectivity index (χ2n) is 11.2. The molecule has 2 N–H and O–H groups in total. The highest BCUT2D eigenvalue weighted by atomic mass is 16.6. The fourth-order valence-corrected chi connectivity index (χ4v) is 4.98. The van der Waals surface area contributed by atoms with Crippen LogP contribution in [0.2, 0.25) is 0 Å². The molecule has 0 aliphatic carbocycles. The first-order valence-corrected chi connectivity index (χ1v) is 13.8. The number of pyridine rings is 1. The molecule has 2 aromatic carbocycles. The van der Waals surface area contributed by atoms with Crippen LogP contribution in [0.3, 0.4) is 0 Å². The lowest BCUT2D eigenvalue weighted by Gasteiger charge is -2.34. The van der Waals surface area contributed by atoms with Crippen molar-refractivity contribution in [1.82, 2.24) is 20.1 Å². The maximum Gasteiger partial charge on any atom is 0.407 e. The summed E-state index contributed by atoms with van der Waals surface area (Å²) in [5, 5.41) is 18.4. The van der Waals surface area contributed by atoms with Gasteiger partial charge >= 0.3 is 12.1 Å². The van der Waals surface area contributed by atoms with E-state index in [1.54, 1.807) is 37.6 Å². The molecule has 1 amide bonds. The average molecular weight is 574 g/mol. The number of rotatable bonds is 8. The van der Waals surface area contributed by atoms with E-state index in [2.05, 4.69) is 15.2 Å². The molecular weight excluding hydrogens is 538 g/mol. The van der Waals surface area contributed by atoms with Gasteiger partial charge in [0.2, 0.25) is 0 Å². The lowest BCUT2D eigenvalue weighted by Crippen LogP contribution is -2.49. The van der Waals surface area contributed by atoms with Crippen molar-refractivity contribution in [2.45, 2.75) is 51.8 Å². The van der Waals surface area contributed by atoms with E-state index in [4.69, 9.17) is 19.3 Å². The number of nitrogens with one attached hydrogen (secondary N) is 1. The lowest BCUT2D eigenvalue weighted by atomic mass is 10.1. The Morgan fingerprint density at radius 2 is 1.83 bits per heavy atom. The molecule has 0 spiro atoms. The minimum Gasteiger partial charge on any atom is -0.497 e. The summed E-state index contributed by atoms with van der Waals surface area (Å²) < 4.78 is 18.8. The first kappa shape index (κ1) is 28.7. The molecule has 11 heteroatoms. The maximum absolute atomic E-state index is 12.5. The first-order valence-electron chi connectivity index (χ1n) is 13.8. The number of nitrogens with zero attached hydrogens (tertiary/aromatic N) is 4. The van der Waals surface area contributed by atoms with Gasteiger partial charge in [-0.1, -0.05) is 24.3 Å². The van der Waals surface area contributed by atoms with Crippen LogP contribution in [0, 0.1) is 0 Å². The van der Waals surface area contributed by atoms with E-state index in [0.717, 1.165) is 24.2 Å². The van der Waals surface area contributed by atoms with Gasteiger partial charge in [-0.15, -0.1) is 0 Å². The van der Waals surface area contributed by atoms with Crippen LogP contribution < -0.4 is 19.7 Å². The highest BCUT2D eigenvalue weighted by Crippen LogP contribution is 2.38. The van der Waals surface area contributed by atoms with Crippen molar-refractivity contribution in [2.24, 2.45) is 0 Å². The van der Waals surface area contributed by atoms with Gasteiger partial charge in [0.1, 0.15) is 33.8 Å². The van der Waals surface area contributed by atoms with Crippen molar-refractivity contribution in [3.05, 3.63) is 71.9 Å². The number of hydrogen-bond donors (Lipinski definition) is 2. The summed E-state index contributed by atoms with van der Waals surface area (Å²) in [5.41, 5.74) is 1.04. The predicted molar refractivity (Wildman–Crippen MR) is 158 cm³/mol. The zero-order valence-electron chi connectivity index (χ0n) is 24.2. The Kier molecular flexibility index (Phi) is 8.19. The molecule has 1 saturated heterocycles. The zero-order chi connectivity index (χ0) is 29.9. The van der Waals surface area contributed by atoms with E-state index in [1.165, 1.54) is 6.07 Å². The molecule has 220 valence electrons. The Hall–Kier alpha value is -4.80. The summed E-state index contributed by atoms with van der Waals surface area (Å²) in [6.07, 6.45) is 2.79. The third-order valence-electron chi connectivity index (χ3n) is 6.85. The molecule has 4 aromatic rings. The maximum atomic E-state index is 12.5. The minimum atomic E-state index is -1.08. The first-order chi connectivity index (χ1) is 20.1. The van der Waals surface area contributed by atoms with Gasteiger partial charge < -0.3 is 29.5 Å². The number of fused-ring (bicyclic) bond motifs is 1. The Balaban J connectivity index is 1.53. The number of amides is 1. The number of carboxylic acid groups (broad SMARTS) is 1. The van der Waals surface area contributed by atoms with Crippen LogP contribution >= 0.6 is 0 Å². The molecule has 42 heavy (non-hydrogen) atoms. The number of carbonyl (C=O) groups is 2. The van der Waals surface area contributed by atoms with Crippen LogP contribution in [0.15, 0.2) is 60.8 Å². The van der Waals surface area contributed by atoms with Crippen molar-refractivity contribution >= 4 is 28.9 Å². The summed E-state index contributed by atoms with van der Waals surface area (Å²) in [6.45, 7) is 7.15. The van der Waals surface area contributed by atoms with Crippen molar-refractivity contribution < 1.29 is 28.9 Å². The van der Waals surface area contributed by atoms with Crippen LogP contribution in [-0.2, 0) is 11.3 Å². The second-order valence-corrected chi connectivity index (χ2v) is 11.2. The molecule has 0 bridgehead atoms. The third kappa shape index (κ3) is 6.56. The average Bonchev–Trinajstić information content (AvgIpc) is 3.32. The smallest absolute Gasteiger partial charge is 0.407 e. The van der Waals surface area contributed by atoms with Gasteiger partial charge in [-0.2, -0.15) is 5.10 Å². The molecule has 11 nitrogen and oxygen atoms in total. The molecule has 1 aliphatic rings. The van der Waals surface area contributed by atoms with Gasteiger partial charge in [0.15, 0.2) is 11.5 Å². The largest absolute Gasteiger partial charge is 0.497 e. The molecule has 3 heterocycles. The number of piperidine rings is 1.